The molecule has 1 atom stereocenters. The van der Waals surface area contributed by atoms with Crippen LogP contribution in [0.25, 0.3) is 0 Å². The Morgan fingerprint density at radius 1 is 1.07 bits per heavy atom. The Bertz CT molecular complexity index is 828. The Balaban J connectivity index is 2.03. The van der Waals surface area contributed by atoms with Gasteiger partial charge in [-0.2, -0.15) is 0 Å². The molecule has 1 N–H and O–H groups in total. The van der Waals surface area contributed by atoms with Crippen LogP contribution in [-0.4, -0.2) is 35.6 Å². The number of rotatable bonds is 8. The van der Waals surface area contributed by atoms with Gasteiger partial charge in [0.15, 0.2) is 0 Å². The van der Waals surface area contributed by atoms with Crippen molar-refractivity contribution in [2.24, 2.45) is 0 Å². The monoisotopic (exact) mass is 438 g/mol. The number of hydrogen-bond acceptors (Lipinski definition) is 3. The Kier molecular flexibility index (Phi) is 8.67. The van der Waals surface area contributed by atoms with Gasteiger partial charge in [-0.05, 0) is 37.1 Å². The fourth-order valence-corrected chi connectivity index (χ4v) is 3.83. The summed E-state index contributed by atoms with van der Waals surface area (Å²) in [5.74, 6) is 0.639. The van der Waals surface area contributed by atoms with Crippen molar-refractivity contribution in [3.63, 3.8) is 0 Å². The second-order valence-corrected chi connectivity index (χ2v) is 8.34. The fraction of sp³-hybridized carbons (Fsp3) is 0.333. The summed E-state index contributed by atoms with van der Waals surface area (Å²) < 4.78 is 0. The predicted molar refractivity (Wildman–Crippen MR) is 118 cm³/mol. The van der Waals surface area contributed by atoms with E-state index in [4.69, 9.17) is 23.2 Å². The van der Waals surface area contributed by atoms with E-state index < -0.39 is 6.04 Å². The van der Waals surface area contributed by atoms with Gasteiger partial charge in [0.25, 0.3) is 0 Å². The number of hydrogen-bond donors (Lipinski definition) is 1. The van der Waals surface area contributed by atoms with Crippen LogP contribution in [0.4, 0.5) is 0 Å². The van der Waals surface area contributed by atoms with E-state index >= 15 is 0 Å². The number of amides is 2. The third-order valence-electron chi connectivity index (χ3n) is 4.37. The van der Waals surface area contributed by atoms with Crippen LogP contribution >= 0.6 is 35.0 Å². The average molecular weight is 439 g/mol. The number of carbonyl (C=O) groups excluding carboxylic acids is 2. The molecule has 0 aromatic heterocycles. The molecule has 2 aromatic carbocycles. The molecule has 0 spiro atoms. The molecule has 0 radical (unpaired) electrons. The quantitative estimate of drug-likeness (QED) is 0.649. The molecule has 150 valence electrons. The minimum Gasteiger partial charge on any atom is -0.357 e. The summed E-state index contributed by atoms with van der Waals surface area (Å²) in [6.45, 7) is 4.15. The molecule has 2 rings (SSSR count). The smallest absolute Gasteiger partial charge is 0.242 e. The highest BCUT2D eigenvalue weighted by Gasteiger charge is 2.25. The molecule has 0 aliphatic rings. The van der Waals surface area contributed by atoms with Crippen molar-refractivity contribution in [1.29, 1.82) is 0 Å². The van der Waals surface area contributed by atoms with Gasteiger partial charge in [0.1, 0.15) is 6.04 Å². The van der Waals surface area contributed by atoms with Crippen molar-refractivity contribution in [3.8, 4) is 0 Å². The first-order chi connectivity index (χ1) is 13.3. The van der Waals surface area contributed by atoms with Crippen LogP contribution in [0, 0.1) is 6.92 Å². The summed E-state index contributed by atoms with van der Waals surface area (Å²) in [5, 5.41) is 3.63. The highest BCUT2D eigenvalue weighted by atomic mass is 35.5. The summed E-state index contributed by atoms with van der Waals surface area (Å²) in [4.78, 5) is 26.6. The standard InChI is InChI=1S/C21H24Cl2N2O2S/c1-14-4-6-16(7-5-14)11-25(15(2)21(27)24-3)20(26)13-28-12-17-8-9-18(22)19(23)10-17/h4-10,15H,11-13H2,1-3H3,(H,24,27)/t15-/m1/s1. The molecule has 0 bridgehead atoms. The van der Waals surface area contributed by atoms with E-state index in [1.807, 2.05) is 37.3 Å². The maximum atomic E-state index is 12.9. The molecule has 0 heterocycles. The van der Waals surface area contributed by atoms with E-state index in [0.717, 1.165) is 16.7 Å². The zero-order valence-electron chi connectivity index (χ0n) is 16.2. The van der Waals surface area contributed by atoms with E-state index in [9.17, 15) is 9.59 Å². The van der Waals surface area contributed by atoms with Crippen molar-refractivity contribution in [2.45, 2.75) is 32.2 Å². The summed E-state index contributed by atoms with van der Waals surface area (Å²) >= 11 is 13.5. The molecule has 0 unspecified atom stereocenters. The van der Waals surface area contributed by atoms with Crippen LogP contribution in [0.3, 0.4) is 0 Å². The van der Waals surface area contributed by atoms with Crippen molar-refractivity contribution in [1.82, 2.24) is 10.2 Å². The lowest BCUT2D eigenvalue weighted by atomic mass is 10.1. The predicted octanol–water partition coefficient (Wildman–Crippen LogP) is 4.70. The van der Waals surface area contributed by atoms with Crippen molar-refractivity contribution < 1.29 is 9.59 Å². The molecule has 28 heavy (non-hydrogen) atoms. The summed E-state index contributed by atoms with van der Waals surface area (Å²) in [7, 11) is 1.58. The summed E-state index contributed by atoms with van der Waals surface area (Å²) in [6.07, 6.45) is 0. The average Bonchev–Trinajstić information content (AvgIpc) is 2.69. The van der Waals surface area contributed by atoms with Crippen LogP contribution in [0.2, 0.25) is 10.0 Å². The lowest BCUT2D eigenvalue weighted by molar-refractivity contribution is -0.138. The number of nitrogens with one attached hydrogen (secondary N) is 1. The number of likely N-dealkylation sites (N-methyl/N-ethyl adjacent to an activating group) is 1. The Morgan fingerprint density at radius 3 is 2.32 bits per heavy atom. The minimum atomic E-state index is -0.552. The summed E-state index contributed by atoms with van der Waals surface area (Å²) in [6, 6.07) is 12.9. The lowest BCUT2D eigenvalue weighted by Gasteiger charge is -2.28. The highest BCUT2D eigenvalue weighted by Crippen LogP contribution is 2.25. The topological polar surface area (TPSA) is 49.4 Å². The Labute approximate surface area is 180 Å². The molecule has 0 saturated heterocycles. The van der Waals surface area contributed by atoms with Crippen LogP contribution in [-0.2, 0) is 21.9 Å². The maximum absolute atomic E-state index is 12.9. The van der Waals surface area contributed by atoms with Gasteiger partial charge in [-0.3, -0.25) is 9.59 Å². The zero-order chi connectivity index (χ0) is 20.7. The number of nitrogens with zero attached hydrogens (tertiary/aromatic N) is 1. The van der Waals surface area contributed by atoms with E-state index in [2.05, 4.69) is 5.32 Å². The molecule has 4 nitrogen and oxygen atoms in total. The molecular formula is C21H24Cl2N2O2S. The largest absolute Gasteiger partial charge is 0.357 e. The van der Waals surface area contributed by atoms with Gasteiger partial charge < -0.3 is 10.2 Å². The molecule has 0 saturated carbocycles. The molecule has 0 aliphatic carbocycles. The van der Waals surface area contributed by atoms with Gasteiger partial charge in [0.05, 0.1) is 15.8 Å². The number of halogens is 2. The third-order valence-corrected chi connectivity index (χ3v) is 6.09. The van der Waals surface area contributed by atoms with Gasteiger partial charge in [-0.15, -0.1) is 11.8 Å². The fourth-order valence-electron chi connectivity index (χ4n) is 2.65. The number of aryl methyl sites for hydroxylation is 1. The first kappa shape index (κ1) is 22.6. The Hall–Kier alpha value is -1.69. The lowest BCUT2D eigenvalue weighted by Crippen LogP contribution is -2.47. The number of benzene rings is 2. The van der Waals surface area contributed by atoms with Crippen molar-refractivity contribution in [2.75, 3.05) is 12.8 Å². The third kappa shape index (κ3) is 6.43. The second kappa shape index (κ2) is 10.7. The zero-order valence-corrected chi connectivity index (χ0v) is 18.5. The van der Waals surface area contributed by atoms with Crippen LogP contribution in [0.15, 0.2) is 42.5 Å². The van der Waals surface area contributed by atoms with Gasteiger partial charge in [0.2, 0.25) is 11.8 Å². The molecule has 0 fully saturated rings. The van der Waals surface area contributed by atoms with E-state index in [1.165, 1.54) is 11.8 Å². The molecule has 7 heteroatoms. The first-order valence-corrected chi connectivity index (χ1v) is 10.8. The van der Waals surface area contributed by atoms with Crippen LogP contribution < -0.4 is 5.32 Å². The molecular weight excluding hydrogens is 415 g/mol. The maximum Gasteiger partial charge on any atom is 0.242 e. The molecule has 2 aromatic rings. The minimum absolute atomic E-state index is 0.0817. The van der Waals surface area contributed by atoms with Gasteiger partial charge in [-0.25, -0.2) is 0 Å². The van der Waals surface area contributed by atoms with Gasteiger partial charge in [0, 0.05) is 19.3 Å². The second-order valence-electron chi connectivity index (χ2n) is 6.54. The summed E-state index contributed by atoms with van der Waals surface area (Å²) in [5.41, 5.74) is 3.14. The molecule has 0 aliphatic heterocycles. The Morgan fingerprint density at radius 2 is 1.71 bits per heavy atom. The SMILES string of the molecule is CNC(=O)[C@@H](C)N(Cc1ccc(C)cc1)C(=O)CSCc1ccc(Cl)c(Cl)c1. The first-order valence-electron chi connectivity index (χ1n) is 8.90. The van der Waals surface area contributed by atoms with Crippen LogP contribution in [0.1, 0.15) is 23.6 Å². The number of carbonyl (C=O) groups is 2. The van der Waals surface area contributed by atoms with Crippen molar-refractivity contribution in [3.05, 3.63) is 69.2 Å². The van der Waals surface area contributed by atoms with E-state index in [1.54, 1.807) is 31.0 Å². The van der Waals surface area contributed by atoms with Crippen LogP contribution in [0.5, 0.6) is 0 Å². The highest BCUT2D eigenvalue weighted by molar-refractivity contribution is 7.99. The van der Waals surface area contributed by atoms with E-state index in [-0.39, 0.29) is 17.6 Å². The van der Waals surface area contributed by atoms with E-state index in [0.29, 0.717) is 22.3 Å². The van der Waals surface area contributed by atoms with Crippen molar-refractivity contribution >= 4 is 46.8 Å². The molecule has 2 amide bonds. The number of thioether (sulfide) groups is 1. The van der Waals surface area contributed by atoms with Gasteiger partial charge >= 0.3 is 0 Å². The van der Waals surface area contributed by atoms with Gasteiger partial charge in [-0.1, -0.05) is 59.1 Å². The normalized spacial score (nSPS) is 11.8.